The number of para-hydroxylation sites is 3. The molecule has 3 N–H and O–H groups in total. The number of rotatable bonds is 5. The Bertz CT molecular complexity index is 1340. The fourth-order valence-electron chi connectivity index (χ4n) is 3.16. The summed E-state index contributed by atoms with van der Waals surface area (Å²) >= 11 is 0. The van der Waals surface area contributed by atoms with Crippen LogP contribution >= 0.6 is 0 Å². The number of aromatic amines is 1. The van der Waals surface area contributed by atoms with Crippen molar-refractivity contribution < 1.29 is 5.11 Å². The molecule has 0 aliphatic carbocycles. The summed E-state index contributed by atoms with van der Waals surface area (Å²) in [6.45, 7) is 0. The highest BCUT2D eigenvalue weighted by molar-refractivity contribution is 5.78. The number of aromatic hydroxyl groups is 1. The molecule has 0 saturated carbocycles. The number of hydrogen-bond acceptors (Lipinski definition) is 6. The summed E-state index contributed by atoms with van der Waals surface area (Å²) < 4.78 is 0. The molecule has 5 rings (SSSR count). The molecule has 0 fully saturated rings. The van der Waals surface area contributed by atoms with Crippen molar-refractivity contribution in [3.8, 4) is 17.1 Å². The van der Waals surface area contributed by atoms with E-state index in [2.05, 4.69) is 30.2 Å². The number of hydrogen-bond donors (Lipinski definition) is 3. The molecule has 31 heavy (non-hydrogen) atoms. The number of aromatic nitrogens is 5. The lowest BCUT2D eigenvalue weighted by Crippen LogP contribution is -2.04. The first-order valence-electron chi connectivity index (χ1n) is 9.74. The van der Waals surface area contributed by atoms with Gasteiger partial charge in [-0.15, -0.1) is 0 Å². The molecule has 2 aromatic heterocycles. The van der Waals surface area contributed by atoms with E-state index >= 15 is 0 Å². The second-order valence-corrected chi connectivity index (χ2v) is 6.83. The van der Waals surface area contributed by atoms with Gasteiger partial charge in [0.25, 0.3) is 0 Å². The topological polar surface area (TPSA) is 99.6 Å². The molecule has 0 aliphatic rings. The van der Waals surface area contributed by atoms with Crippen LogP contribution in [0.4, 0.5) is 11.9 Å². The first kappa shape index (κ1) is 18.5. The minimum atomic E-state index is 0.0985. The number of phenols is 1. The molecule has 0 aliphatic heterocycles. The Kier molecular flexibility index (Phi) is 4.82. The van der Waals surface area contributed by atoms with E-state index in [1.807, 2.05) is 72.8 Å². The SMILES string of the molecule is Oc1ccccc1-c1nc(C=Cc2ccccc2)nc(Nc2nc3ccccc3[nH]2)n1. The summed E-state index contributed by atoms with van der Waals surface area (Å²) in [5, 5.41) is 13.4. The van der Waals surface area contributed by atoms with Gasteiger partial charge in [-0.25, -0.2) is 9.97 Å². The molecule has 0 radical (unpaired) electrons. The number of nitrogens with zero attached hydrogens (tertiary/aromatic N) is 4. The summed E-state index contributed by atoms with van der Waals surface area (Å²) in [6, 6.07) is 24.6. The van der Waals surface area contributed by atoms with E-state index in [1.54, 1.807) is 18.2 Å². The number of fused-ring (bicyclic) bond motifs is 1. The van der Waals surface area contributed by atoms with E-state index in [9.17, 15) is 5.11 Å². The van der Waals surface area contributed by atoms with Crippen molar-refractivity contribution in [2.45, 2.75) is 0 Å². The first-order chi connectivity index (χ1) is 15.2. The summed E-state index contributed by atoms with van der Waals surface area (Å²) in [6.07, 6.45) is 3.74. The zero-order valence-electron chi connectivity index (χ0n) is 16.4. The molecule has 0 amide bonds. The quantitative estimate of drug-likeness (QED) is 0.378. The molecule has 0 saturated heterocycles. The molecule has 5 aromatic rings. The number of phenolic OH excluding ortho intramolecular Hbond substituents is 1. The summed E-state index contributed by atoms with van der Waals surface area (Å²) in [5.74, 6) is 1.75. The molecule has 0 spiro atoms. The Morgan fingerprint density at radius 3 is 2.35 bits per heavy atom. The smallest absolute Gasteiger partial charge is 0.233 e. The molecular formula is C24H18N6O. The molecule has 0 atom stereocenters. The highest BCUT2D eigenvalue weighted by atomic mass is 16.3. The largest absolute Gasteiger partial charge is 0.507 e. The third-order valence-electron chi connectivity index (χ3n) is 4.64. The van der Waals surface area contributed by atoms with Crippen LogP contribution in [0, 0.1) is 0 Å². The fourth-order valence-corrected chi connectivity index (χ4v) is 3.16. The summed E-state index contributed by atoms with van der Waals surface area (Å²) in [5.41, 5.74) is 3.29. The zero-order valence-corrected chi connectivity index (χ0v) is 16.4. The van der Waals surface area contributed by atoms with E-state index in [-0.39, 0.29) is 5.75 Å². The lowest BCUT2D eigenvalue weighted by atomic mass is 10.2. The Morgan fingerprint density at radius 1 is 0.742 bits per heavy atom. The third kappa shape index (κ3) is 4.11. The van der Waals surface area contributed by atoms with Crippen molar-refractivity contribution in [2.24, 2.45) is 0 Å². The second-order valence-electron chi connectivity index (χ2n) is 6.83. The van der Waals surface area contributed by atoms with Crippen LogP contribution in [0.5, 0.6) is 5.75 Å². The molecule has 7 heteroatoms. The van der Waals surface area contributed by atoms with Crippen molar-refractivity contribution in [1.29, 1.82) is 0 Å². The van der Waals surface area contributed by atoms with Gasteiger partial charge in [-0.1, -0.05) is 60.7 Å². The minimum absolute atomic E-state index is 0.0985. The van der Waals surface area contributed by atoms with E-state index in [0.717, 1.165) is 16.6 Å². The first-order valence-corrected chi connectivity index (χ1v) is 9.74. The molecule has 7 nitrogen and oxygen atoms in total. The van der Waals surface area contributed by atoms with Gasteiger partial charge in [0.05, 0.1) is 16.6 Å². The highest BCUT2D eigenvalue weighted by Crippen LogP contribution is 2.27. The predicted molar refractivity (Wildman–Crippen MR) is 122 cm³/mol. The van der Waals surface area contributed by atoms with Crippen LogP contribution in [0.1, 0.15) is 11.4 Å². The van der Waals surface area contributed by atoms with Crippen LogP contribution in [0.3, 0.4) is 0 Å². The van der Waals surface area contributed by atoms with Crippen molar-refractivity contribution in [3.63, 3.8) is 0 Å². The summed E-state index contributed by atoms with van der Waals surface area (Å²) in [7, 11) is 0. The van der Waals surface area contributed by atoms with Gasteiger partial charge in [0.1, 0.15) is 5.75 Å². The zero-order chi connectivity index (χ0) is 21.0. The standard InChI is InChI=1S/C24H18N6O/c31-20-13-7-4-10-17(20)22-27-21(15-14-16-8-2-1-3-9-16)28-24(29-22)30-23-25-18-11-5-6-12-19(18)26-23/h1-15,31H,(H2,25,26,27,28,29,30). The Labute approximate surface area is 178 Å². The third-order valence-corrected chi connectivity index (χ3v) is 4.64. The van der Waals surface area contributed by atoms with Gasteiger partial charge in [0, 0.05) is 0 Å². The van der Waals surface area contributed by atoms with E-state index in [4.69, 9.17) is 0 Å². The van der Waals surface area contributed by atoms with Gasteiger partial charge in [0.2, 0.25) is 11.9 Å². The predicted octanol–water partition coefficient (Wildman–Crippen LogP) is 5.03. The van der Waals surface area contributed by atoms with E-state index in [1.165, 1.54) is 0 Å². The number of benzene rings is 3. The van der Waals surface area contributed by atoms with E-state index in [0.29, 0.717) is 29.1 Å². The van der Waals surface area contributed by atoms with Crippen LogP contribution < -0.4 is 5.32 Å². The van der Waals surface area contributed by atoms with Crippen LogP contribution in [-0.2, 0) is 0 Å². The van der Waals surface area contributed by atoms with Crippen LogP contribution in [0.2, 0.25) is 0 Å². The maximum Gasteiger partial charge on any atom is 0.233 e. The second kappa shape index (κ2) is 8.08. The minimum Gasteiger partial charge on any atom is -0.507 e. The van der Waals surface area contributed by atoms with Crippen molar-refractivity contribution >= 4 is 35.1 Å². The Morgan fingerprint density at radius 2 is 1.52 bits per heavy atom. The molecular weight excluding hydrogens is 388 g/mol. The van der Waals surface area contributed by atoms with Gasteiger partial charge < -0.3 is 10.1 Å². The lowest BCUT2D eigenvalue weighted by molar-refractivity contribution is 0.477. The average Bonchev–Trinajstić information content (AvgIpc) is 3.21. The van der Waals surface area contributed by atoms with Crippen LogP contribution in [-0.4, -0.2) is 30.0 Å². The van der Waals surface area contributed by atoms with E-state index < -0.39 is 0 Å². The summed E-state index contributed by atoms with van der Waals surface area (Å²) in [4.78, 5) is 21.2. The molecule has 2 heterocycles. The average molecular weight is 406 g/mol. The molecule has 0 unspecified atom stereocenters. The van der Waals surface area contributed by atoms with Gasteiger partial charge in [-0.2, -0.15) is 9.97 Å². The van der Waals surface area contributed by atoms with Gasteiger partial charge in [0.15, 0.2) is 11.6 Å². The van der Waals surface area contributed by atoms with Crippen molar-refractivity contribution in [3.05, 3.63) is 90.3 Å². The number of nitrogens with one attached hydrogen (secondary N) is 2. The van der Waals surface area contributed by atoms with Gasteiger partial charge >= 0.3 is 0 Å². The fraction of sp³-hybridized carbons (Fsp3) is 0. The highest BCUT2D eigenvalue weighted by Gasteiger charge is 2.12. The number of H-pyrrole nitrogens is 1. The van der Waals surface area contributed by atoms with Gasteiger partial charge in [-0.05, 0) is 35.9 Å². The van der Waals surface area contributed by atoms with Gasteiger partial charge in [-0.3, -0.25) is 5.32 Å². The van der Waals surface area contributed by atoms with Crippen LogP contribution in [0.15, 0.2) is 78.9 Å². The van der Waals surface area contributed by atoms with Crippen molar-refractivity contribution in [1.82, 2.24) is 24.9 Å². The normalized spacial score (nSPS) is 11.2. The maximum atomic E-state index is 10.3. The molecule has 0 bridgehead atoms. The Hall–Kier alpha value is -4.52. The number of anilines is 2. The lowest BCUT2D eigenvalue weighted by Gasteiger charge is -2.07. The molecule has 3 aromatic carbocycles. The maximum absolute atomic E-state index is 10.3. The molecule has 150 valence electrons. The Balaban J connectivity index is 1.55. The van der Waals surface area contributed by atoms with Crippen LogP contribution in [0.25, 0.3) is 34.6 Å². The monoisotopic (exact) mass is 406 g/mol. The number of imidazole rings is 1. The van der Waals surface area contributed by atoms with Crippen molar-refractivity contribution in [2.75, 3.05) is 5.32 Å².